The van der Waals surface area contributed by atoms with E-state index in [1.165, 1.54) is 0 Å². The Hall–Kier alpha value is -4.01. The topological polar surface area (TPSA) is 97.2 Å². The number of hydrogen-bond acceptors (Lipinski definition) is 6. The van der Waals surface area contributed by atoms with Crippen LogP contribution in [0.15, 0.2) is 36.4 Å². The van der Waals surface area contributed by atoms with Gasteiger partial charge in [0.1, 0.15) is 13.2 Å². The first-order valence-electron chi connectivity index (χ1n) is 11.7. The van der Waals surface area contributed by atoms with Gasteiger partial charge in [0.15, 0.2) is 5.82 Å². The van der Waals surface area contributed by atoms with Gasteiger partial charge in [0.05, 0.1) is 5.52 Å². The molecule has 35 heavy (non-hydrogen) atoms. The van der Waals surface area contributed by atoms with Gasteiger partial charge in [-0.05, 0) is 43.7 Å². The third kappa shape index (κ3) is 4.66. The molecule has 0 saturated heterocycles. The van der Waals surface area contributed by atoms with Gasteiger partial charge in [0.2, 0.25) is 0 Å². The van der Waals surface area contributed by atoms with E-state index in [4.69, 9.17) is 14.6 Å². The first-order chi connectivity index (χ1) is 16.8. The summed E-state index contributed by atoms with van der Waals surface area (Å²) in [5.74, 6) is 0.809. The molecule has 0 unspecified atom stereocenters. The second-order valence-electron chi connectivity index (χ2n) is 8.48. The molecule has 0 aliphatic rings. The number of alkyl carbamates (subject to hydrolysis) is 2. The van der Waals surface area contributed by atoms with Crippen molar-refractivity contribution < 1.29 is 19.1 Å². The number of nitrogens with zero attached hydrogens (tertiary/aromatic N) is 3. The number of benzene rings is 2. The number of aromatic nitrogens is 2. The fraction of sp³-hybridized carbons (Fsp3) is 0.346. The zero-order chi connectivity index (χ0) is 25.1. The summed E-state index contributed by atoms with van der Waals surface area (Å²) in [6.45, 7) is 6.56. The van der Waals surface area contributed by atoms with Crippen molar-refractivity contribution in [1.82, 2.24) is 20.2 Å². The third-order valence-electron chi connectivity index (χ3n) is 5.95. The van der Waals surface area contributed by atoms with Crippen molar-refractivity contribution in [1.29, 1.82) is 0 Å². The van der Waals surface area contributed by atoms with Crippen LogP contribution in [-0.2, 0) is 22.7 Å². The van der Waals surface area contributed by atoms with Crippen LogP contribution in [0.3, 0.4) is 0 Å². The normalized spacial score (nSPS) is 11.1. The van der Waals surface area contributed by atoms with Crippen molar-refractivity contribution in [3.8, 4) is 0 Å². The molecule has 0 atom stereocenters. The van der Waals surface area contributed by atoms with Crippen molar-refractivity contribution in [2.45, 2.75) is 34.0 Å². The van der Waals surface area contributed by atoms with Crippen molar-refractivity contribution in [2.75, 3.05) is 32.1 Å². The smallest absolute Gasteiger partial charge is 0.407 e. The maximum Gasteiger partial charge on any atom is 0.407 e. The molecule has 4 rings (SSSR count). The molecular formula is C26H31N5O4. The number of carbonyl (C=O) groups is 2. The van der Waals surface area contributed by atoms with Gasteiger partial charge in [-0.2, -0.15) is 0 Å². The third-order valence-corrected chi connectivity index (χ3v) is 5.95. The Kier molecular flexibility index (Phi) is 6.95. The minimum atomic E-state index is -0.507. The highest BCUT2D eigenvalue weighted by molar-refractivity contribution is 6.10. The number of amides is 2. The van der Waals surface area contributed by atoms with E-state index in [0.29, 0.717) is 13.1 Å². The minimum Gasteiger partial charge on any atom is -0.445 e. The van der Waals surface area contributed by atoms with Crippen LogP contribution in [0.25, 0.3) is 27.1 Å². The number of fused-ring (bicyclic) bond motifs is 4. The lowest BCUT2D eigenvalue weighted by Crippen LogP contribution is -2.24. The summed E-state index contributed by atoms with van der Waals surface area (Å²) in [7, 11) is 3.92. The highest BCUT2D eigenvalue weighted by Gasteiger charge is 2.23. The number of anilines is 1. The molecule has 0 saturated carbocycles. The summed E-state index contributed by atoms with van der Waals surface area (Å²) in [4.78, 5) is 26.2. The zero-order valence-electron chi connectivity index (χ0n) is 20.8. The molecule has 9 heteroatoms. The monoisotopic (exact) mass is 477 g/mol. The summed E-state index contributed by atoms with van der Waals surface area (Å²) in [5.41, 5.74) is 3.17. The lowest BCUT2D eigenvalue weighted by molar-refractivity contribution is 0.132. The van der Waals surface area contributed by atoms with E-state index in [1.54, 1.807) is 0 Å². The van der Waals surface area contributed by atoms with Crippen LogP contribution in [0.5, 0.6) is 0 Å². The van der Waals surface area contributed by atoms with Gasteiger partial charge in [-0.1, -0.05) is 24.3 Å². The van der Waals surface area contributed by atoms with Crippen molar-refractivity contribution in [3.05, 3.63) is 53.2 Å². The quantitative estimate of drug-likeness (QED) is 0.380. The second-order valence-corrected chi connectivity index (χ2v) is 8.48. The fourth-order valence-electron chi connectivity index (χ4n) is 4.30. The van der Waals surface area contributed by atoms with E-state index in [9.17, 15) is 9.59 Å². The molecule has 4 aromatic rings. The number of rotatable bonds is 7. The Bertz CT molecular complexity index is 1410. The van der Waals surface area contributed by atoms with Gasteiger partial charge in [0.25, 0.3) is 0 Å². The van der Waals surface area contributed by atoms with Gasteiger partial charge in [-0.15, -0.1) is 5.10 Å². The molecule has 0 fully saturated rings. The Labute approximate surface area is 204 Å². The summed E-state index contributed by atoms with van der Waals surface area (Å²) in [6.07, 6.45) is -1.01. The summed E-state index contributed by atoms with van der Waals surface area (Å²) < 4.78 is 12.9. The highest BCUT2D eigenvalue weighted by atomic mass is 16.6. The van der Waals surface area contributed by atoms with Gasteiger partial charge in [-0.25, -0.2) is 14.1 Å². The maximum absolute atomic E-state index is 12.1. The van der Waals surface area contributed by atoms with Crippen LogP contribution in [-0.4, -0.2) is 49.0 Å². The standard InChI is InChI=1S/C26H31N5O4/c1-6-27-25(32)34-14-21-16(3)31-23(22(21)15-35-26(33)28-7-2)19-12-17-10-8-9-11-18(17)13-20(19)24(29-31)30(4)5/h8-13H,6-7,14-15H2,1-5H3,(H,27,32)(H,28,33). The predicted octanol–water partition coefficient (Wildman–Crippen LogP) is 4.51. The number of carbonyl (C=O) groups excluding carboxylic acids is 2. The van der Waals surface area contributed by atoms with E-state index in [-0.39, 0.29) is 13.2 Å². The molecule has 0 aliphatic carbocycles. The molecular weight excluding hydrogens is 446 g/mol. The van der Waals surface area contributed by atoms with Crippen LogP contribution >= 0.6 is 0 Å². The summed E-state index contributed by atoms with van der Waals surface area (Å²) in [5, 5.41) is 14.4. The van der Waals surface area contributed by atoms with Gasteiger partial charge < -0.3 is 25.0 Å². The van der Waals surface area contributed by atoms with Gasteiger partial charge in [0, 0.05) is 54.8 Å². The highest BCUT2D eigenvalue weighted by Crippen LogP contribution is 2.36. The molecule has 2 N–H and O–H groups in total. The average Bonchev–Trinajstić information content (AvgIpc) is 3.10. The molecule has 2 aromatic heterocycles. The van der Waals surface area contributed by atoms with E-state index >= 15 is 0 Å². The molecule has 2 aromatic carbocycles. The predicted molar refractivity (Wildman–Crippen MR) is 137 cm³/mol. The van der Waals surface area contributed by atoms with Crippen LogP contribution in [0.4, 0.5) is 15.4 Å². The summed E-state index contributed by atoms with van der Waals surface area (Å²) >= 11 is 0. The van der Waals surface area contributed by atoms with Crippen LogP contribution in [0.1, 0.15) is 30.7 Å². The molecule has 0 spiro atoms. The van der Waals surface area contributed by atoms with Crippen molar-refractivity contribution in [2.24, 2.45) is 0 Å². The van der Waals surface area contributed by atoms with Crippen LogP contribution in [0.2, 0.25) is 0 Å². The lowest BCUT2D eigenvalue weighted by Gasteiger charge is -2.17. The molecule has 2 heterocycles. The average molecular weight is 478 g/mol. The van der Waals surface area contributed by atoms with E-state index in [2.05, 4.69) is 34.9 Å². The first kappa shape index (κ1) is 24.1. The first-order valence-corrected chi connectivity index (χ1v) is 11.7. The molecule has 2 amide bonds. The number of hydrogen-bond donors (Lipinski definition) is 2. The number of ether oxygens (including phenoxy) is 2. The van der Waals surface area contributed by atoms with Gasteiger partial charge in [-0.3, -0.25) is 0 Å². The van der Waals surface area contributed by atoms with Crippen molar-refractivity contribution >= 4 is 45.1 Å². The Morgan fingerprint density at radius 3 is 2.00 bits per heavy atom. The summed E-state index contributed by atoms with van der Waals surface area (Å²) in [6, 6.07) is 12.4. The van der Waals surface area contributed by atoms with Gasteiger partial charge >= 0.3 is 12.2 Å². The SMILES string of the molecule is CCNC(=O)OCc1c(COC(=O)NCC)c2c3cc4ccccc4cc3c(N(C)C)nn2c1C. The van der Waals surface area contributed by atoms with E-state index in [1.807, 2.05) is 56.4 Å². The Morgan fingerprint density at radius 1 is 0.914 bits per heavy atom. The van der Waals surface area contributed by atoms with Crippen LogP contribution in [0, 0.1) is 6.92 Å². The Balaban J connectivity index is 1.98. The maximum atomic E-state index is 12.1. The van der Waals surface area contributed by atoms with E-state index < -0.39 is 12.2 Å². The number of nitrogens with one attached hydrogen (secondary N) is 2. The Morgan fingerprint density at radius 2 is 1.46 bits per heavy atom. The molecule has 184 valence electrons. The molecule has 0 aliphatic heterocycles. The minimum absolute atomic E-state index is 0.0161. The van der Waals surface area contributed by atoms with E-state index in [0.717, 1.165) is 49.7 Å². The lowest BCUT2D eigenvalue weighted by atomic mass is 10.0. The molecule has 0 bridgehead atoms. The largest absolute Gasteiger partial charge is 0.445 e. The molecule has 0 radical (unpaired) electrons. The fourth-order valence-corrected chi connectivity index (χ4v) is 4.30. The van der Waals surface area contributed by atoms with Crippen LogP contribution < -0.4 is 15.5 Å². The zero-order valence-corrected chi connectivity index (χ0v) is 20.8. The molecule has 9 nitrogen and oxygen atoms in total. The van der Waals surface area contributed by atoms with Crippen molar-refractivity contribution in [3.63, 3.8) is 0 Å². The second kappa shape index (κ2) is 10.1. The number of aryl methyl sites for hydroxylation is 1.